The first-order valence-electron chi connectivity index (χ1n) is 3.65. The SMILES string of the molecule is O=S(=O)(O)O.O=[C]([Na])CCC(O)CO. The number of hydrogen-bond donors (Lipinski definition) is 4. The number of carbonyl (C=O) groups excluding carboxylic acids is 1. The first-order chi connectivity index (χ1) is 6.16. The average molecular weight is 238 g/mol. The van der Waals surface area contributed by atoms with Crippen LogP contribution < -0.4 is 0 Å². The van der Waals surface area contributed by atoms with Crippen LogP contribution in [0.15, 0.2) is 0 Å². The molecule has 0 aliphatic carbocycles. The zero-order chi connectivity index (χ0) is 11.8. The zero-order valence-corrected chi connectivity index (χ0v) is 10.4. The van der Waals surface area contributed by atoms with Crippen molar-refractivity contribution in [3.05, 3.63) is 0 Å². The van der Waals surface area contributed by atoms with Gasteiger partial charge in [-0.1, -0.05) is 0 Å². The van der Waals surface area contributed by atoms with Crippen LogP contribution in [-0.4, -0.2) is 71.4 Å². The standard InChI is InChI=1S/C5H9O3.Na.H2O4S/c6-3-1-2-5(8)4-7;;1-5(2,3)4/h5,7-8H,1-2,4H2;;(H2,1,2,3,4). The van der Waals surface area contributed by atoms with E-state index in [1.165, 1.54) is 0 Å². The quantitative estimate of drug-likeness (QED) is 0.334. The van der Waals surface area contributed by atoms with Crippen LogP contribution in [0.25, 0.3) is 0 Å². The van der Waals surface area contributed by atoms with Gasteiger partial charge in [0.15, 0.2) is 0 Å². The first-order valence-corrected chi connectivity index (χ1v) is 6.04. The molecule has 0 saturated heterocycles. The van der Waals surface area contributed by atoms with Crippen molar-refractivity contribution in [3.8, 4) is 0 Å². The Morgan fingerprint density at radius 1 is 1.36 bits per heavy atom. The fourth-order valence-corrected chi connectivity index (χ4v) is 0.750. The molecule has 1 unspecified atom stereocenters. The molecular formula is C5H11NaO7S. The van der Waals surface area contributed by atoms with Gasteiger partial charge in [-0.3, -0.25) is 9.11 Å². The summed E-state index contributed by atoms with van der Waals surface area (Å²) >= 11 is 0.545. The van der Waals surface area contributed by atoms with E-state index in [2.05, 4.69) is 0 Å². The third-order valence-electron chi connectivity index (χ3n) is 1.04. The first kappa shape index (κ1) is 16.9. The summed E-state index contributed by atoms with van der Waals surface area (Å²) in [4.78, 5) is 10.3. The van der Waals surface area contributed by atoms with E-state index in [1.807, 2.05) is 0 Å². The molecule has 0 aromatic rings. The monoisotopic (exact) mass is 238 g/mol. The molecule has 0 radical (unpaired) electrons. The molecule has 0 rings (SSSR count). The second kappa shape index (κ2) is 8.74. The predicted molar refractivity (Wildman–Crippen MR) is 47.3 cm³/mol. The van der Waals surface area contributed by atoms with Crippen LogP contribution in [0.2, 0.25) is 0 Å². The normalized spacial score (nSPS) is 12.7. The van der Waals surface area contributed by atoms with Gasteiger partial charge in [0, 0.05) is 0 Å². The van der Waals surface area contributed by atoms with Crippen LogP contribution in [-0.2, 0) is 15.2 Å². The van der Waals surface area contributed by atoms with Gasteiger partial charge in [0.1, 0.15) is 0 Å². The molecule has 0 amide bonds. The van der Waals surface area contributed by atoms with Crippen molar-refractivity contribution in [2.24, 2.45) is 0 Å². The molecule has 0 aromatic carbocycles. The summed E-state index contributed by atoms with van der Waals surface area (Å²) in [5, 5.41) is 17.0. The van der Waals surface area contributed by atoms with Crippen molar-refractivity contribution in [1.82, 2.24) is 0 Å². The molecule has 0 bridgehead atoms. The van der Waals surface area contributed by atoms with Crippen molar-refractivity contribution in [3.63, 3.8) is 0 Å². The topological polar surface area (TPSA) is 132 Å². The van der Waals surface area contributed by atoms with Gasteiger partial charge < -0.3 is 0 Å². The van der Waals surface area contributed by atoms with Gasteiger partial charge in [0.25, 0.3) is 0 Å². The van der Waals surface area contributed by atoms with E-state index in [0.29, 0.717) is 40.8 Å². The predicted octanol–water partition coefficient (Wildman–Crippen LogP) is -1.84. The van der Waals surface area contributed by atoms with Gasteiger partial charge in [-0.15, -0.1) is 0 Å². The van der Waals surface area contributed by atoms with Crippen molar-refractivity contribution in [1.29, 1.82) is 0 Å². The van der Waals surface area contributed by atoms with Gasteiger partial charge in [0.2, 0.25) is 0 Å². The van der Waals surface area contributed by atoms with E-state index in [-0.39, 0.29) is 9.64 Å². The van der Waals surface area contributed by atoms with Crippen molar-refractivity contribution in [2.75, 3.05) is 6.61 Å². The summed E-state index contributed by atoms with van der Waals surface area (Å²) in [6, 6.07) is 0. The Labute approximate surface area is 99.1 Å². The van der Waals surface area contributed by atoms with E-state index in [1.54, 1.807) is 0 Å². The van der Waals surface area contributed by atoms with E-state index in [9.17, 15) is 4.79 Å². The zero-order valence-electron chi connectivity index (χ0n) is 7.62. The van der Waals surface area contributed by atoms with Crippen LogP contribution >= 0.6 is 0 Å². The Balaban J connectivity index is 0. The Kier molecular flexibility index (Phi) is 10.5. The summed E-state index contributed by atoms with van der Waals surface area (Å²) < 4.78 is 31.8. The number of aliphatic hydroxyl groups excluding tert-OH is 2. The molecule has 7 nitrogen and oxygen atoms in total. The van der Waals surface area contributed by atoms with Gasteiger partial charge >= 0.3 is 81.9 Å². The molecule has 14 heavy (non-hydrogen) atoms. The molecule has 0 saturated carbocycles. The molecule has 9 heteroatoms. The summed E-state index contributed by atoms with van der Waals surface area (Å²) in [6.45, 7) is -0.241. The molecule has 0 heterocycles. The maximum absolute atomic E-state index is 10.3. The van der Waals surface area contributed by atoms with Gasteiger partial charge in [0.05, 0.1) is 0 Å². The van der Waals surface area contributed by atoms with Crippen molar-refractivity contribution in [2.45, 2.75) is 18.9 Å². The Hall–Kier alpha value is 0.460. The summed E-state index contributed by atoms with van der Waals surface area (Å²) in [5.41, 5.74) is 0. The molecule has 0 fully saturated rings. The molecule has 0 aromatic heterocycles. The Morgan fingerprint density at radius 3 is 1.93 bits per heavy atom. The fraction of sp³-hybridized carbons (Fsp3) is 0.800. The molecular weight excluding hydrogens is 227 g/mol. The number of rotatable bonds is 4. The second-order valence-corrected chi connectivity index (χ2v) is 4.54. The van der Waals surface area contributed by atoms with E-state index >= 15 is 0 Å². The fourth-order valence-electron chi connectivity index (χ4n) is 0.461. The molecule has 0 aliphatic rings. The average Bonchev–Trinajstić information content (AvgIpc) is 1.96. The summed E-state index contributed by atoms with van der Waals surface area (Å²) in [6.07, 6.45) is 0.107. The summed E-state index contributed by atoms with van der Waals surface area (Å²) in [7, 11) is -4.67. The molecule has 0 spiro atoms. The van der Waals surface area contributed by atoms with Crippen molar-refractivity contribution < 1.29 is 32.5 Å². The number of hydrogen-bond acceptors (Lipinski definition) is 5. The van der Waals surface area contributed by atoms with E-state index in [0.717, 1.165) is 0 Å². The van der Waals surface area contributed by atoms with E-state index < -0.39 is 16.5 Å². The van der Waals surface area contributed by atoms with Crippen LogP contribution in [0.4, 0.5) is 0 Å². The minimum absolute atomic E-state index is 0.183. The summed E-state index contributed by atoms with van der Waals surface area (Å²) in [5.74, 6) is 0. The maximum atomic E-state index is 10.3. The molecule has 80 valence electrons. The van der Waals surface area contributed by atoms with Crippen LogP contribution in [0.5, 0.6) is 0 Å². The molecule has 1 atom stereocenters. The molecule has 4 N–H and O–H groups in total. The van der Waals surface area contributed by atoms with Crippen LogP contribution in [0.3, 0.4) is 0 Å². The number of carbonyl (C=O) groups is 1. The van der Waals surface area contributed by atoms with Crippen LogP contribution in [0.1, 0.15) is 12.8 Å². The van der Waals surface area contributed by atoms with Gasteiger partial charge in [-0.2, -0.15) is 8.42 Å². The van der Waals surface area contributed by atoms with E-state index in [4.69, 9.17) is 27.7 Å². The third kappa shape index (κ3) is 29.4. The minimum atomic E-state index is -4.67. The van der Waals surface area contributed by atoms with Gasteiger partial charge in [-0.05, 0) is 0 Å². The molecule has 0 aliphatic heterocycles. The van der Waals surface area contributed by atoms with Gasteiger partial charge in [-0.25, -0.2) is 0 Å². The van der Waals surface area contributed by atoms with Crippen molar-refractivity contribution >= 4 is 41.4 Å². The third-order valence-corrected chi connectivity index (χ3v) is 1.54. The Bertz CT molecular complexity index is 241. The van der Waals surface area contributed by atoms with Crippen LogP contribution in [0, 0.1) is 0 Å². The second-order valence-electron chi connectivity index (χ2n) is 2.52. The number of aliphatic hydroxyl groups is 2. The Morgan fingerprint density at radius 2 is 1.71 bits per heavy atom.